The zero-order chi connectivity index (χ0) is 17.1. The van der Waals surface area contributed by atoms with Crippen molar-refractivity contribution in [2.75, 3.05) is 4.90 Å². The summed E-state index contributed by atoms with van der Waals surface area (Å²) in [6.07, 6.45) is 0.487. The van der Waals surface area contributed by atoms with Crippen LogP contribution in [0.2, 0.25) is 0 Å². The van der Waals surface area contributed by atoms with Crippen molar-refractivity contribution >= 4 is 41.5 Å². The third kappa shape index (κ3) is 3.39. The van der Waals surface area contributed by atoms with Gasteiger partial charge in [-0.05, 0) is 41.9 Å². The van der Waals surface area contributed by atoms with E-state index in [2.05, 4.69) is 10.2 Å². The first-order valence-corrected chi connectivity index (χ1v) is 7.38. The molecule has 1 aliphatic heterocycles. The fraction of sp³-hybridized carbons (Fsp3) is 0.125. The molecule has 3 rings (SSSR count). The molecule has 2 aromatic carbocycles. The number of carbonyl (C=O) groups is 2. The topological polar surface area (TPSA) is 103 Å². The minimum Gasteiger partial charge on any atom is -0.423 e. The highest BCUT2D eigenvalue weighted by Gasteiger charge is 2.29. The van der Waals surface area contributed by atoms with Crippen LogP contribution in [0.3, 0.4) is 0 Å². The van der Waals surface area contributed by atoms with E-state index in [9.17, 15) is 9.59 Å². The summed E-state index contributed by atoms with van der Waals surface area (Å²) in [4.78, 5) is 24.6. The maximum atomic E-state index is 11.7. The molecule has 0 spiro atoms. The smallest absolute Gasteiger partial charge is 0.423 e. The normalized spacial score (nSPS) is 14.7. The molecule has 2 amide bonds. The lowest BCUT2D eigenvalue weighted by molar-refractivity contribution is -0.121. The second-order valence-corrected chi connectivity index (χ2v) is 5.31. The Balaban J connectivity index is 1.76. The summed E-state index contributed by atoms with van der Waals surface area (Å²) in [6, 6.07) is 13.0. The number of imide groups is 1. The molecule has 2 N–H and O–H groups in total. The van der Waals surface area contributed by atoms with Crippen LogP contribution in [-0.2, 0) is 9.59 Å². The number of carbonyl (C=O) groups excluding carboxylic acids is 2. The van der Waals surface area contributed by atoms with Crippen LogP contribution in [0.4, 0.5) is 17.1 Å². The van der Waals surface area contributed by atoms with E-state index in [1.807, 2.05) is 0 Å². The number of anilines is 1. The van der Waals surface area contributed by atoms with Gasteiger partial charge in [0.2, 0.25) is 11.8 Å². The van der Waals surface area contributed by atoms with E-state index in [1.165, 1.54) is 11.0 Å². The zero-order valence-electron chi connectivity index (χ0n) is 12.7. The third-order valence-electron chi connectivity index (χ3n) is 3.61. The second kappa shape index (κ2) is 6.73. The Morgan fingerprint density at radius 2 is 1.50 bits per heavy atom. The number of nitrogens with zero attached hydrogens (tertiary/aromatic N) is 3. The van der Waals surface area contributed by atoms with Crippen LogP contribution in [0.5, 0.6) is 0 Å². The Labute approximate surface area is 138 Å². The van der Waals surface area contributed by atoms with Gasteiger partial charge < -0.3 is 10.0 Å². The Bertz CT molecular complexity index is 789. The van der Waals surface area contributed by atoms with Gasteiger partial charge in [0.05, 0.1) is 17.1 Å². The third-order valence-corrected chi connectivity index (χ3v) is 3.61. The van der Waals surface area contributed by atoms with E-state index < -0.39 is 7.12 Å². The quantitative estimate of drug-likeness (QED) is 0.505. The number of azo groups is 1. The van der Waals surface area contributed by atoms with Gasteiger partial charge in [0.1, 0.15) is 0 Å². The molecule has 0 radical (unpaired) electrons. The highest BCUT2D eigenvalue weighted by molar-refractivity contribution is 6.58. The Hall–Kier alpha value is -2.84. The van der Waals surface area contributed by atoms with Gasteiger partial charge >= 0.3 is 7.12 Å². The molecule has 2 aromatic rings. The fourth-order valence-electron chi connectivity index (χ4n) is 2.40. The first-order chi connectivity index (χ1) is 11.5. The van der Waals surface area contributed by atoms with Crippen LogP contribution in [0, 0.1) is 0 Å². The molecule has 0 unspecified atom stereocenters. The number of hydrogen-bond acceptors (Lipinski definition) is 6. The van der Waals surface area contributed by atoms with Crippen molar-refractivity contribution < 1.29 is 19.6 Å². The van der Waals surface area contributed by atoms with Crippen molar-refractivity contribution in [1.29, 1.82) is 0 Å². The molecule has 1 aliphatic rings. The monoisotopic (exact) mass is 323 g/mol. The van der Waals surface area contributed by atoms with Crippen molar-refractivity contribution in [1.82, 2.24) is 0 Å². The van der Waals surface area contributed by atoms with Crippen molar-refractivity contribution in [3.05, 3.63) is 48.5 Å². The molecular weight excluding hydrogens is 309 g/mol. The Kier molecular flexibility index (Phi) is 4.50. The van der Waals surface area contributed by atoms with Gasteiger partial charge in [0, 0.05) is 12.8 Å². The summed E-state index contributed by atoms with van der Waals surface area (Å²) >= 11 is 0. The lowest BCUT2D eigenvalue weighted by Gasteiger charge is -2.13. The van der Waals surface area contributed by atoms with Gasteiger partial charge in [-0.2, -0.15) is 10.2 Å². The highest BCUT2D eigenvalue weighted by atomic mass is 16.4. The van der Waals surface area contributed by atoms with Crippen LogP contribution in [0.15, 0.2) is 58.8 Å². The van der Waals surface area contributed by atoms with E-state index >= 15 is 0 Å². The van der Waals surface area contributed by atoms with Crippen LogP contribution < -0.4 is 10.4 Å². The van der Waals surface area contributed by atoms with Crippen molar-refractivity contribution in [3.63, 3.8) is 0 Å². The van der Waals surface area contributed by atoms with Crippen LogP contribution >= 0.6 is 0 Å². The Morgan fingerprint density at radius 1 is 0.875 bits per heavy atom. The van der Waals surface area contributed by atoms with E-state index in [0.717, 1.165) is 0 Å². The van der Waals surface area contributed by atoms with E-state index in [1.54, 1.807) is 42.5 Å². The molecule has 1 saturated heterocycles. The zero-order valence-corrected chi connectivity index (χ0v) is 12.7. The lowest BCUT2D eigenvalue weighted by atomic mass is 9.80. The predicted octanol–water partition coefficient (Wildman–Crippen LogP) is 1.44. The summed E-state index contributed by atoms with van der Waals surface area (Å²) in [5.41, 5.74) is 1.88. The molecule has 0 aliphatic carbocycles. The molecule has 8 heteroatoms. The lowest BCUT2D eigenvalue weighted by Crippen LogP contribution is -2.29. The standard InChI is InChI=1S/C16H14BN3O4/c21-15-8-9-16(22)20(15)14-6-4-12(5-7-14)18-19-13-3-1-2-11(10-13)17(23)24/h1-7,10,23-24H,8-9H2. The predicted molar refractivity (Wildman–Crippen MR) is 88.6 cm³/mol. The van der Waals surface area contributed by atoms with Crippen molar-refractivity contribution in [2.45, 2.75) is 12.8 Å². The van der Waals surface area contributed by atoms with E-state index in [0.29, 0.717) is 22.5 Å². The summed E-state index contributed by atoms with van der Waals surface area (Å²) in [7, 11) is -1.56. The van der Waals surface area contributed by atoms with Crippen LogP contribution in [0.1, 0.15) is 12.8 Å². The largest absolute Gasteiger partial charge is 0.488 e. The first kappa shape index (κ1) is 16.0. The second-order valence-electron chi connectivity index (χ2n) is 5.31. The highest BCUT2D eigenvalue weighted by Crippen LogP contribution is 2.25. The molecular formula is C16H14BN3O4. The molecule has 7 nitrogen and oxygen atoms in total. The Morgan fingerprint density at radius 3 is 2.12 bits per heavy atom. The van der Waals surface area contributed by atoms with E-state index in [4.69, 9.17) is 10.0 Å². The summed E-state index contributed by atoms with van der Waals surface area (Å²) in [5.74, 6) is -0.400. The van der Waals surface area contributed by atoms with Crippen LogP contribution in [0.25, 0.3) is 0 Å². The van der Waals surface area contributed by atoms with Crippen molar-refractivity contribution in [2.24, 2.45) is 10.2 Å². The number of benzene rings is 2. The molecule has 1 heterocycles. The molecule has 1 fully saturated rings. The first-order valence-electron chi connectivity index (χ1n) is 7.38. The van der Waals surface area contributed by atoms with Gasteiger partial charge in [-0.15, -0.1) is 0 Å². The summed E-state index contributed by atoms with van der Waals surface area (Å²) in [5, 5.41) is 26.4. The SMILES string of the molecule is O=C1CCC(=O)N1c1ccc(N=Nc2cccc(B(O)O)c2)cc1. The van der Waals surface area contributed by atoms with Gasteiger partial charge in [0.25, 0.3) is 0 Å². The van der Waals surface area contributed by atoms with E-state index in [-0.39, 0.29) is 24.7 Å². The maximum absolute atomic E-state index is 11.7. The number of hydrogen-bond donors (Lipinski definition) is 2. The van der Waals surface area contributed by atoms with Gasteiger partial charge in [-0.1, -0.05) is 12.1 Å². The minimum atomic E-state index is -1.56. The average molecular weight is 323 g/mol. The molecule has 0 atom stereocenters. The molecule has 0 saturated carbocycles. The van der Waals surface area contributed by atoms with Gasteiger partial charge in [-0.3, -0.25) is 14.5 Å². The average Bonchev–Trinajstić information content (AvgIpc) is 2.92. The molecule has 0 bridgehead atoms. The molecule has 0 aromatic heterocycles. The maximum Gasteiger partial charge on any atom is 0.488 e. The van der Waals surface area contributed by atoms with Crippen molar-refractivity contribution in [3.8, 4) is 0 Å². The molecule has 24 heavy (non-hydrogen) atoms. The fourth-order valence-corrected chi connectivity index (χ4v) is 2.40. The van der Waals surface area contributed by atoms with Crippen LogP contribution in [-0.4, -0.2) is 29.0 Å². The number of rotatable bonds is 4. The van der Waals surface area contributed by atoms with Gasteiger partial charge in [-0.25, -0.2) is 0 Å². The molecule has 120 valence electrons. The summed E-state index contributed by atoms with van der Waals surface area (Å²) in [6.45, 7) is 0. The summed E-state index contributed by atoms with van der Waals surface area (Å²) < 4.78 is 0. The van der Waals surface area contributed by atoms with Gasteiger partial charge in [0.15, 0.2) is 0 Å². The minimum absolute atomic E-state index is 0.200. The number of amides is 2.